The van der Waals surface area contributed by atoms with E-state index in [0.717, 1.165) is 30.0 Å². The molecule has 0 aliphatic carbocycles. The van der Waals surface area contributed by atoms with Gasteiger partial charge in [-0.25, -0.2) is 15.0 Å². The lowest BCUT2D eigenvalue weighted by Crippen LogP contribution is -2.36. The van der Waals surface area contributed by atoms with Crippen molar-refractivity contribution in [1.82, 2.24) is 20.6 Å². The maximum atomic E-state index is 6.10. The molecule has 0 saturated heterocycles. The number of oxazole rings is 1. The Balaban J connectivity index is 0.00000385. The number of pyridine rings is 1. The lowest BCUT2D eigenvalue weighted by molar-refractivity contribution is 0.300. The molecule has 2 N–H and O–H groups in total. The summed E-state index contributed by atoms with van der Waals surface area (Å²) in [6, 6.07) is 11.4. The molecule has 0 atom stereocenters. The van der Waals surface area contributed by atoms with E-state index in [1.54, 1.807) is 6.20 Å². The molecule has 33 heavy (non-hydrogen) atoms. The van der Waals surface area contributed by atoms with E-state index in [9.17, 15) is 0 Å². The van der Waals surface area contributed by atoms with Crippen molar-refractivity contribution in [3.63, 3.8) is 0 Å². The first-order valence-corrected chi connectivity index (χ1v) is 10.9. The lowest BCUT2D eigenvalue weighted by Gasteiger charge is -2.14. The van der Waals surface area contributed by atoms with E-state index in [4.69, 9.17) is 13.9 Å². The summed E-state index contributed by atoms with van der Waals surface area (Å²) in [6.45, 7) is 10.1. The molecule has 0 aliphatic heterocycles. The highest BCUT2D eigenvalue weighted by Crippen LogP contribution is 2.32. The van der Waals surface area contributed by atoms with Crippen LogP contribution in [-0.2, 0) is 13.1 Å². The fourth-order valence-electron chi connectivity index (χ4n) is 2.89. The number of rotatable bonds is 10. The quantitative estimate of drug-likeness (QED) is 0.200. The Morgan fingerprint density at radius 2 is 1.85 bits per heavy atom. The average molecular weight is 565 g/mol. The summed E-state index contributed by atoms with van der Waals surface area (Å²) in [5.74, 6) is 3.93. The summed E-state index contributed by atoms with van der Waals surface area (Å²) in [6.07, 6.45) is 2.62. The zero-order valence-corrected chi connectivity index (χ0v) is 21.9. The number of guanidine groups is 1. The zero-order valence-electron chi connectivity index (χ0n) is 19.6. The van der Waals surface area contributed by atoms with Crippen LogP contribution in [0, 0.1) is 13.8 Å². The van der Waals surface area contributed by atoms with Gasteiger partial charge in [0.05, 0.1) is 25.4 Å². The number of benzene rings is 1. The Hall–Kier alpha value is -2.82. The first kappa shape index (κ1) is 26.4. The minimum absolute atomic E-state index is 0. The van der Waals surface area contributed by atoms with E-state index < -0.39 is 0 Å². The number of aromatic nitrogens is 2. The van der Waals surface area contributed by atoms with Crippen molar-refractivity contribution >= 4 is 29.9 Å². The number of nitrogens with one attached hydrogen (secondary N) is 2. The summed E-state index contributed by atoms with van der Waals surface area (Å²) in [7, 11) is 0. The third kappa shape index (κ3) is 7.92. The maximum Gasteiger partial charge on any atom is 0.224 e. The molecule has 0 aliphatic rings. The van der Waals surface area contributed by atoms with Crippen molar-refractivity contribution < 1.29 is 13.9 Å². The second-order valence-electron chi connectivity index (χ2n) is 7.16. The Bertz CT molecular complexity index is 1020. The molecule has 0 fully saturated rings. The zero-order chi connectivity index (χ0) is 22.8. The van der Waals surface area contributed by atoms with E-state index in [-0.39, 0.29) is 24.0 Å². The molecule has 0 radical (unpaired) electrons. The first-order valence-electron chi connectivity index (χ1n) is 10.9. The molecule has 2 aromatic heterocycles. The van der Waals surface area contributed by atoms with Gasteiger partial charge >= 0.3 is 0 Å². The van der Waals surface area contributed by atoms with Crippen molar-refractivity contribution in [2.75, 3.05) is 13.2 Å². The molecule has 178 valence electrons. The van der Waals surface area contributed by atoms with Crippen LogP contribution in [0.25, 0.3) is 0 Å². The van der Waals surface area contributed by atoms with Crippen molar-refractivity contribution in [2.45, 2.75) is 47.2 Å². The first-order chi connectivity index (χ1) is 15.6. The van der Waals surface area contributed by atoms with Gasteiger partial charge in [0, 0.05) is 18.3 Å². The summed E-state index contributed by atoms with van der Waals surface area (Å²) >= 11 is 0. The second-order valence-corrected chi connectivity index (χ2v) is 7.16. The number of nitrogens with zero attached hydrogens (tertiary/aromatic N) is 3. The van der Waals surface area contributed by atoms with Crippen LogP contribution in [0.4, 0.5) is 0 Å². The Morgan fingerprint density at radius 3 is 2.55 bits per heavy atom. The van der Waals surface area contributed by atoms with Gasteiger partial charge in [0.15, 0.2) is 17.5 Å². The number of ether oxygens (including phenoxy) is 2. The van der Waals surface area contributed by atoms with Crippen molar-refractivity contribution in [3.8, 4) is 17.4 Å². The van der Waals surface area contributed by atoms with Crippen LogP contribution in [0.1, 0.15) is 43.2 Å². The molecule has 8 nitrogen and oxygen atoms in total. The Labute approximate surface area is 212 Å². The average Bonchev–Trinajstić information content (AvgIpc) is 3.13. The molecule has 0 saturated carbocycles. The third-order valence-electron chi connectivity index (χ3n) is 4.60. The van der Waals surface area contributed by atoms with Crippen LogP contribution in [-0.4, -0.2) is 29.1 Å². The molecule has 2 heterocycles. The highest BCUT2D eigenvalue weighted by molar-refractivity contribution is 14.0. The number of aliphatic imine (C=N–C) groups is 1. The monoisotopic (exact) mass is 565 g/mol. The van der Waals surface area contributed by atoms with Gasteiger partial charge in [0.1, 0.15) is 5.76 Å². The summed E-state index contributed by atoms with van der Waals surface area (Å²) in [4.78, 5) is 13.5. The molecule has 0 bridgehead atoms. The van der Waals surface area contributed by atoms with Crippen LogP contribution in [0.3, 0.4) is 0 Å². The van der Waals surface area contributed by atoms with Gasteiger partial charge in [-0.3, -0.25) is 0 Å². The summed E-state index contributed by atoms with van der Waals surface area (Å²) in [5.41, 5.74) is 1.75. The highest BCUT2D eigenvalue weighted by atomic mass is 127. The van der Waals surface area contributed by atoms with Gasteiger partial charge in [0.25, 0.3) is 0 Å². The number of hydrogen-bond acceptors (Lipinski definition) is 6. The van der Waals surface area contributed by atoms with Crippen LogP contribution in [0.15, 0.2) is 52.0 Å². The van der Waals surface area contributed by atoms with E-state index in [1.165, 1.54) is 0 Å². The van der Waals surface area contributed by atoms with Crippen LogP contribution in [0.5, 0.6) is 17.4 Å². The number of para-hydroxylation sites is 2. The topological polar surface area (TPSA) is 93.8 Å². The summed E-state index contributed by atoms with van der Waals surface area (Å²) < 4.78 is 17.5. The van der Waals surface area contributed by atoms with Crippen LogP contribution >= 0.6 is 24.0 Å². The molecule has 0 spiro atoms. The minimum atomic E-state index is 0. The van der Waals surface area contributed by atoms with E-state index in [0.29, 0.717) is 48.9 Å². The number of aryl methyl sites for hydroxylation is 2. The van der Waals surface area contributed by atoms with Crippen molar-refractivity contribution in [2.24, 2.45) is 4.99 Å². The van der Waals surface area contributed by atoms with Crippen molar-refractivity contribution in [3.05, 3.63) is 65.5 Å². The van der Waals surface area contributed by atoms with E-state index in [2.05, 4.69) is 32.5 Å². The SMILES string of the molecule is CCCOc1ccccc1Oc1ncccc1CN=C(NCC)NCc1nc(C)c(C)o1.I. The summed E-state index contributed by atoms with van der Waals surface area (Å²) in [5, 5.41) is 6.48. The van der Waals surface area contributed by atoms with E-state index >= 15 is 0 Å². The fraction of sp³-hybridized carbons (Fsp3) is 0.375. The smallest absolute Gasteiger partial charge is 0.224 e. The van der Waals surface area contributed by atoms with E-state index in [1.807, 2.05) is 57.2 Å². The Kier molecular flexibility index (Phi) is 10.9. The largest absolute Gasteiger partial charge is 0.490 e. The fourth-order valence-corrected chi connectivity index (χ4v) is 2.89. The lowest BCUT2D eigenvalue weighted by atomic mass is 10.2. The molecule has 3 rings (SSSR count). The normalized spacial score (nSPS) is 11.0. The molecular weight excluding hydrogens is 533 g/mol. The standard InChI is InChI=1S/C24H31N5O3.HI/c1-5-14-30-20-11-7-8-12-21(20)32-23-19(10-9-13-26-23)15-27-24(25-6-2)28-16-22-29-17(3)18(4)31-22;/h7-13H,5-6,14-16H2,1-4H3,(H2,25,27,28);1H. The maximum absolute atomic E-state index is 6.10. The van der Waals surface area contributed by atoms with Crippen LogP contribution in [0.2, 0.25) is 0 Å². The number of hydrogen-bond donors (Lipinski definition) is 2. The van der Waals surface area contributed by atoms with Gasteiger partial charge in [-0.2, -0.15) is 0 Å². The molecule has 0 amide bonds. The molecule has 0 unspecified atom stereocenters. The molecule has 3 aromatic rings. The van der Waals surface area contributed by atoms with Gasteiger partial charge in [0.2, 0.25) is 11.8 Å². The Morgan fingerprint density at radius 1 is 1.06 bits per heavy atom. The van der Waals surface area contributed by atoms with Crippen molar-refractivity contribution in [1.29, 1.82) is 0 Å². The van der Waals surface area contributed by atoms with Gasteiger partial charge in [-0.1, -0.05) is 25.1 Å². The van der Waals surface area contributed by atoms with Crippen LogP contribution < -0.4 is 20.1 Å². The predicted molar refractivity (Wildman–Crippen MR) is 140 cm³/mol. The third-order valence-corrected chi connectivity index (χ3v) is 4.60. The second kappa shape index (κ2) is 13.7. The predicted octanol–water partition coefficient (Wildman–Crippen LogP) is 5.14. The van der Waals surface area contributed by atoms with Gasteiger partial charge in [-0.15, -0.1) is 24.0 Å². The highest BCUT2D eigenvalue weighted by Gasteiger charge is 2.11. The van der Waals surface area contributed by atoms with Gasteiger partial charge in [-0.05, 0) is 45.4 Å². The molecule has 1 aromatic carbocycles. The molecular formula is C24H32IN5O3. The molecule has 9 heteroatoms. The minimum Gasteiger partial charge on any atom is -0.490 e. The number of halogens is 1. The van der Waals surface area contributed by atoms with Gasteiger partial charge < -0.3 is 24.5 Å².